The Hall–Kier alpha value is -1.43. The fourth-order valence-electron chi connectivity index (χ4n) is 2.22. The van der Waals surface area contributed by atoms with Gasteiger partial charge in [-0.05, 0) is 12.3 Å². The first-order valence-corrected chi connectivity index (χ1v) is 6.09. The molecule has 2 rings (SSSR count). The summed E-state index contributed by atoms with van der Waals surface area (Å²) in [7, 11) is 0. The summed E-state index contributed by atoms with van der Waals surface area (Å²) in [6.07, 6.45) is 3.52. The Kier molecular flexibility index (Phi) is 3.73. The van der Waals surface area contributed by atoms with Gasteiger partial charge >= 0.3 is 0 Å². The molecule has 0 spiro atoms. The zero-order chi connectivity index (χ0) is 12.3. The van der Waals surface area contributed by atoms with Crippen molar-refractivity contribution < 1.29 is 4.79 Å². The Labute approximate surface area is 101 Å². The molecule has 0 saturated carbocycles. The van der Waals surface area contributed by atoms with E-state index in [9.17, 15) is 4.79 Å². The van der Waals surface area contributed by atoms with Gasteiger partial charge in [-0.2, -0.15) is 0 Å². The molecule has 1 saturated heterocycles. The largest absolute Gasteiger partial charge is 0.342 e. The first-order valence-electron chi connectivity index (χ1n) is 6.09. The number of likely N-dealkylation sites (tertiary alicyclic amines) is 1. The standard InChI is InChI=1S/C11H19N5O/c1-2-11(17)15-4-3-9(6-15)7-16-8-10(5-12)13-14-16/h8-9H,2-7,12H2,1H3/t9-/m1/s1. The summed E-state index contributed by atoms with van der Waals surface area (Å²) in [5, 5.41) is 7.98. The van der Waals surface area contributed by atoms with Crippen LogP contribution in [0.1, 0.15) is 25.5 Å². The maximum Gasteiger partial charge on any atom is 0.222 e. The number of nitrogens with zero attached hydrogens (tertiary/aromatic N) is 4. The van der Waals surface area contributed by atoms with Crippen molar-refractivity contribution in [2.45, 2.75) is 32.9 Å². The van der Waals surface area contributed by atoms with Crippen LogP contribution < -0.4 is 5.73 Å². The van der Waals surface area contributed by atoms with Crippen LogP contribution in [0.3, 0.4) is 0 Å². The van der Waals surface area contributed by atoms with E-state index in [1.54, 1.807) is 0 Å². The van der Waals surface area contributed by atoms with Gasteiger partial charge in [-0.1, -0.05) is 12.1 Å². The third-order valence-electron chi connectivity index (χ3n) is 3.18. The van der Waals surface area contributed by atoms with Crippen molar-refractivity contribution in [3.05, 3.63) is 11.9 Å². The highest BCUT2D eigenvalue weighted by molar-refractivity contribution is 5.76. The molecule has 6 nitrogen and oxygen atoms in total. The van der Waals surface area contributed by atoms with Gasteiger partial charge in [0.2, 0.25) is 5.91 Å². The van der Waals surface area contributed by atoms with Gasteiger partial charge in [0.25, 0.3) is 0 Å². The van der Waals surface area contributed by atoms with Gasteiger partial charge < -0.3 is 10.6 Å². The molecule has 1 aliphatic rings. The van der Waals surface area contributed by atoms with E-state index in [1.165, 1.54) is 0 Å². The summed E-state index contributed by atoms with van der Waals surface area (Å²) in [6.45, 7) is 4.85. The highest BCUT2D eigenvalue weighted by atomic mass is 16.2. The molecule has 1 aromatic heterocycles. The van der Waals surface area contributed by atoms with Crippen molar-refractivity contribution in [3.8, 4) is 0 Å². The summed E-state index contributed by atoms with van der Waals surface area (Å²) < 4.78 is 1.83. The molecule has 94 valence electrons. The lowest BCUT2D eigenvalue weighted by Gasteiger charge is -2.15. The second-order valence-corrected chi connectivity index (χ2v) is 4.48. The molecule has 1 fully saturated rings. The molecule has 1 amide bonds. The minimum absolute atomic E-state index is 0.244. The molecular weight excluding hydrogens is 218 g/mol. The second kappa shape index (κ2) is 5.27. The number of hydrogen-bond donors (Lipinski definition) is 1. The van der Waals surface area contributed by atoms with E-state index in [-0.39, 0.29) is 5.91 Å². The number of rotatable bonds is 4. The maximum atomic E-state index is 11.5. The maximum absolute atomic E-state index is 11.5. The quantitative estimate of drug-likeness (QED) is 0.799. The van der Waals surface area contributed by atoms with Crippen LogP contribution in [0.25, 0.3) is 0 Å². The minimum atomic E-state index is 0.244. The predicted octanol–water partition coefficient (Wildman–Crippen LogP) is -0.00470. The molecule has 17 heavy (non-hydrogen) atoms. The first-order chi connectivity index (χ1) is 8.22. The van der Waals surface area contributed by atoms with E-state index in [0.29, 0.717) is 18.9 Å². The van der Waals surface area contributed by atoms with E-state index < -0.39 is 0 Å². The average molecular weight is 237 g/mol. The molecule has 0 radical (unpaired) electrons. The Morgan fingerprint density at radius 2 is 2.47 bits per heavy atom. The minimum Gasteiger partial charge on any atom is -0.342 e. The molecule has 0 unspecified atom stereocenters. The first kappa shape index (κ1) is 12.0. The topological polar surface area (TPSA) is 77.0 Å². The van der Waals surface area contributed by atoms with Gasteiger partial charge in [0.15, 0.2) is 0 Å². The zero-order valence-corrected chi connectivity index (χ0v) is 10.2. The highest BCUT2D eigenvalue weighted by Crippen LogP contribution is 2.18. The number of carbonyl (C=O) groups is 1. The fourth-order valence-corrected chi connectivity index (χ4v) is 2.22. The zero-order valence-electron chi connectivity index (χ0n) is 10.2. The summed E-state index contributed by atoms with van der Waals surface area (Å²) in [6, 6.07) is 0. The van der Waals surface area contributed by atoms with Crippen molar-refractivity contribution in [1.29, 1.82) is 0 Å². The third kappa shape index (κ3) is 2.82. The van der Waals surface area contributed by atoms with Crippen LogP contribution in [0, 0.1) is 5.92 Å². The van der Waals surface area contributed by atoms with Crippen molar-refractivity contribution in [3.63, 3.8) is 0 Å². The van der Waals surface area contributed by atoms with Crippen LogP contribution in [0.5, 0.6) is 0 Å². The van der Waals surface area contributed by atoms with Gasteiger partial charge in [-0.3, -0.25) is 9.48 Å². The summed E-state index contributed by atoms with van der Waals surface area (Å²) in [4.78, 5) is 13.5. The van der Waals surface area contributed by atoms with Crippen molar-refractivity contribution >= 4 is 5.91 Å². The molecule has 1 aliphatic heterocycles. The second-order valence-electron chi connectivity index (χ2n) is 4.48. The Bertz CT molecular complexity index is 389. The van der Waals surface area contributed by atoms with E-state index in [0.717, 1.165) is 31.7 Å². The fraction of sp³-hybridized carbons (Fsp3) is 0.727. The van der Waals surface area contributed by atoms with Crippen molar-refractivity contribution in [1.82, 2.24) is 19.9 Å². The summed E-state index contributed by atoms with van der Waals surface area (Å²) in [5.41, 5.74) is 6.29. The summed E-state index contributed by atoms with van der Waals surface area (Å²) in [5.74, 6) is 0.728. The van der Waals surface area contributed by atoms with Crippen LogP contribution in [-0.2, 0) is 17.9 Å². The van der Waals surface area contributed by atoms with Crippen LogP contribution >= 0.6 is 0 Å². The van der Waals surface area contributed by atoms with Crippen LogP contribution in [0.4, 0.5) is 0 Å². The van der Waals surface area contributed by atoms with Crippen LogP contribution in [0.15, 0.2) is 6.20 Å². The van der Waals surface area contributed by atoms with Crippen LogP contribution in [-0.4, -0.2) is 38.9 Å². The van der Waals surface area contributed by atoms with Gasteiger partial charge in [0, 0.05) is 38.8 Å². The van der Waals surface area contributed by atoms with E-state index in [2.05, 4.69) is 10.3 Å². The van der Waals surface area contributed by atoms with Gasteiger partial charge in [-0.15, -0.1) is 5.10 Å². The van der Waals surface area contributed by atoms with Crippen molar-refractivity contribution in [2.24, 2.45) is 11.7 Å². The molecular formula is C11H19N5O. The smallest absolute Gasteiger partial charge is 0.222 e. The molecule has 1 atom stereocenters. The van der Waals surface area contributed by atoms with Gasteiger partial charge in [0.1, 0.15) is 0 Å². The highest BCUT2D eigenvalue weighted by Gasteiger charge is 2.25. The molecule has 0 aliphatic carbocycles. The molecule has 0 aromatic carbocycles. The van der Waals surface area contributed by atoms with Gasteiger partial charge in [-0.25, -0.2) is 0 Å². The molecule has 6 heteroatoms. The molecule has 0 bridgehead atoms. The normalized spacial score (nSPS) is 19.9. The third-order valence-corrected chi connectivity index (χ3v) is 3.18. The SMILES string of the molecule is CCC(=O)N1CC[C@@H](Cn2cc(CN)nn2)C1. The number of aromatic nitrogens is 3. The van der Waals surface area contributed by atoms with E-state index in [4.69, 9.17) is 5.73 Å². The molecule has 2 N–H and O–H groups in total. The van der Waals surface area contributed by atoms with Crippen molar-refractivity contribution in [2.75, 3.05) is 13.1 Å². The van der Waals surface area contributed by atoms with Gasteiger partial charge in [0.05, 0.1) is 5.69 Å². The Balaban J connectivity index is 1.87. The number of nitrogens with two attached hydrogens (primary N) is 1. The lowest BCUT2D eigenvalue weighted by Crippen LogP contribution is -2.28. The lowest BCUT2D eigenvalue weighted by atomic mass is 10.1. The average Bonchev–Trinajstić information content (AvgIpc) is 2.97. The number of hydrogen-bond acceptors (Lipinski definition) is 4. The summed E-state index contributed by atoms with van der Waals surface area (Å²) >= 11 is 0. The predicted molar refractivity (Wildman–Crippen MR) is 62.9 cm³/mol. The Morgan fingerprint density at radius 3 is 3.12 bits per heavy atom. The van der Waals surface area contributed by atoms with E-state index >= 15 is 0 Å². The van der Waals surface area contributed by atoms with Crippen LogP contribution in [0.2, 0.25) is 0 Å². The monoisotopic (exact) mass is 237 g/mol. The lowest BCUT2D eigenvalue weighted by molar-refractivity contribution is -0.129. The van der Waals surface area contributed by atoms with E-state index in [1.807, 2.05) is 22.7 Å². The Morgan fingerprint density at radius 1 is 1.65 bits per heavy atom. The number of amides is 1. The molecule has 1 aromatic rings. The molecule has 2 heterocycles. The number of carbonyl (C=O) groups excluding carboxylic acids is 1.